The van der Waals surface area contributed by atoms with Crippen molar-refractivity contribution < 1.29 is 14.3 Å². The molecule has 2 amide bonds. The van der Waals surface area contributed by atoms with Crippen LogP contribution in [-0.4, -0.2) is 36.1 Å². The van der Waals surface area contributed by atoms with E-state index >= 15 is 0 Å². The Morgan fingerprint density at radius 1 is 1.17 bits per heavy atom. The number of amides is 2. The predicted molar refractivity (Wildman–Crippen MR) is 91.4 cm³/mol. The smallest absolute Gasteiger partial charge is 0.337 e. The van der Waals surface area contributed by atoms with Crippen LogP contribution >= 0.6 is 0 Å². The first-order valence-electron chi connectivity index (χ1n) is 8.01. The molecule has 0 heterocycles. The number of carbonyl (C=O) groups excluding carboxylic acids is 2. The average Bonchev–Trinajstić information content (AvgIpc) is 2.49. The molecule has 0 saturated carbocycles. The SMILES string of the molecule is CCCCN(Cc1ccc(C(=O)OC)cc1)C(=O)NC(C)(C)C. The summed E-state index contributed by atoms with van der Waals surface area (Å²) >= 11 is 0. The minimum atomic E-state index is -0.357. The minimum absolute atomic E-state index is 0.0667. The lowest BCUT2D eigenvalue weighted by Gasteiger charge is -2.28. The maximum Gasteiger partial charge on any atom is 0.337 e. The molecular weight excluding hydrogens is 292 g/mol. The van der Waals surface area contributed by atoms with Gasteiger partial charge in [0.15, 0.2) is 0 Å². The fraction of sp³-hybridized carbons (Fsp3) is 0.556. The van der Waals surface area contributed by atoms with E-state index in [4.69, 9.17) is 0 Å². The third kappa shape index (κ3) is 6.72. The van der Waals surface area contributed by atoms with Crippen LogP contribution in [0.2, 0.25) is 0 Å². The van der Waals surface area contributed by atoms with Crippen LogP contribution in [0.4, 0.5) is 4.79 Å². The highest BCUT2D eigenvalue weighted by molar-refractivity contribution is 5.89. The number of ether oxygens (including phenoxy) is 1. The van der Waals surface area contributed by atoms with Crippen LogP contribution in [0.25, 0.3) is 0 Å². The number of carbonyl (C=O) groups is 2. The average molecular weight is 320 g/mol. The molecule has 0 atom stereocenters. The molecule has 0 spiro atoms. The van der Waals surface area contributed by atoms with Gasteiger partial charge in [-0.15, -0.1) is 0 Å². The highest BCUT2D eigenvalue weighted by atomic mass is 16.5. The molecule has 128 valence electrons. The van der Waals surface area contributed by atoms with Crippen molar-refractivity contribution in [2.24, 2.45) is 0 Å². The molecule has 0 aromatic heterocycles. The van der Waals surface area contributed by atoms with E-state index < -0.39 is 0 Å². The summed E-state index contributed by atoms with van der Waals surface area (Å²) in [5.41, 5.74) is 1.23. The molecular formula is C18H28N2O3. The van der Waals surface area contributed by atoms with Crippen LogP contribution in [0.5, 0.6) is 0 Å². The number of urea groups is 1. The zero-order chi connectivity index (χ0) is 17.5. The van der Waals surface area contributed by atoms with Gasteiger partial charge in [0.1, 0.15) is 0 Å². The fourth-order valence-corrected chi connectivity index (χ4v) is 2.09. The quantitative estimate of drug-likeness (QED) is 0.815. The van der Waals surface area contributed by atoms with Gasteiger partial charge < -0.3 is 15.0 Å². The maximum absolute atomic E-state index is 12.4. The second kappa shape index (κ2) is 8.56. The van der Waals surface area contributed by atoms with Gasteiger partial charge in [-0.25, -0.2) is 9.59 Å². The molecule has 0 bridgehead atoms. The van der Waals surface area contributed by atoms with E-state index in [9.17, 15) is 9.59 Å². The van der Waals surface area contributed by atoms with Crippen LogP contribution < -0.4 is 5.32 Å². The van der Waals surface area contributed by atoms with E-state index in [-0.39, 0.29) is 17.5 Å². The molecule has 1 aromatic carbocycles. The van der Waals surface area contributed by atoms with Crippen molar-refractivity contribution >= 4 is 12.0 Å². The minimum Gasteiger partial charge on any atom is -0.465 e. The van der Waals surface area contributed by atoms with Gasteiger partial charge in [-0.3, -0.25) is 0 Å². The van der Waals surface area contributed by atoms with E-state index in [1.54, 1.807) is 12.1 Å². The number of methoxy groups -OCH3 is 1. The number of esters is 1. The van der Waals surface area contributed by atoms with Gasteiger partial charge in [0, 0.05) is 18.6 Å². The zero-order valence-corrected chi connectivity index (χ0v) is 14.8. The van der Waals surface area contributed by atoms with Crippen LogP contribution in [0.15, 0.2) is 24.3 Å². The molecule has 0 aliphatic rings. The molecule has 5 heteroatoms. The fourth-order valence-electron chi connectivity index (χ4n) is 2.09. The second-order valence-electron chi connectivity index (χ2n) is 6.64. The van der Waals surface area contributed by atoms with Crippen molar-refractivity contribution in [3.05, 3.63) is 35.4 Å². The van der Waals surface area contributed by atoms with Gasteiger partial charge in [-0.2, -0.15) is 0 Å². The van der Waals surface area contributed by atoms with Crippen molar-refractivity contribution in [1.82, 2.24) is 10.2 Å². The Balaban J connectivity index is 2.80. The Kier molecular flexibility index (Phi) is 7.07. The molecule has 1 N–H and O–H groups in total. The number of hydrogen-bond acceptors (Lipinski definition) is 3. The van der Waals surface area contributed by atoms with Crippen molar-refractivity contribution in [2.45, 2.75) is 52.6 Å². The first-order valence-corrected chi connectivity index (χ1v) is 8.01. The Bertz CT molecular complexity index is 518. The van der Waals surface area contributed by atoms with Gasteiger partial charge in [0.2, 0.25) is 0 Å². The predicted octanol–water partition coefficient (Wildman–Crippen LogP) is 3.58. The summed E-state index contributed by atoms with van der Waals surface area (Å²) in [6.45, 7) is 9.22. The maximum atomic E-state index is 12.4. The van der Waals surface area contributed by atoms with E-state index in [0.29, 0.717) is 18.7 Å². The van der Waals surface area contributed by atoms with Gasteiger partial charge in [-0.05, 0) is 44.9 Å². The van der Waals surface area contributed by atoms with Gasteiger partial charge in [-0.1, -0.05) is 25.5 Å². The van der Waals surface area contributed by atoms with E-state index in [1.807, 2.05) is 37.8 Å². The molecule has 0 fully saturated rings. The summed E-state index contributed by atoms with van der Waals surface area (Å²) in [5, 5.41) is 3.00. The third-order valence-electron chi connectivity index (χ3n) is 3.30. The lowest BCUT2D eigenvalue weighted by atomic mass is 10.1. The summed E-state index contributed by atoms with van der Waals surface area (Å²) in [4.78, 5) is 25.7. The highest BCUT2D eigenvalue weighted by Crippen LogP contribution is 2.11. The summed E-state index contributed by atoms with van der Waals surface area (Å²) in [5.74, 6) is -0.357. The number of benzene rings is 1. The summed E-state index contributed by atoms with van der Waals surface area (Å²) in [6, 6.07) is 7.09. The van der Waals surface area contributed by atoms with Gasteiger partial charge in [0.25, 0.3) is 0 Å². The number of nitrogens with zero attached hydrogens (tertiary/aromatic N) is 1. The van der Waals surface area contributed by atoms with Gasteiger partial charge in [0.05, 0.1) is 12.7 Å². The molecule has 1 rings (SSSR count). The second-order valence-corrected chi connectivity index (χ2v) is 6.64. The zero-order valence-electron chi connectivity index (χ0n) is 14.8. The Morgan fingerprint density at radius 3 is 2.26 bits per heavy atom. The normalized spacial score (nSPS) is 11.0. The van der Waals surface area contributed by atoms with Crippen LogP contribution in [-0.2, 0) is 11.3 Å². The highest BCUT2D eigenvalue weighted by Gasteiger charge is 2.19. The first-order chi connectivity index (χ1) is 10.8. The largest absolute Gasteiger partial charge is 0.465 e. The van der Waals surface area contributed by atoms with E-state index in [1.165, 1.54) is 7.11 Å². The third-order valence-corrected chi connectivity index (χ3v) is 3.30. The number of nitrogens with one attached hydrogen (secondary N) is 1. The molecule has 1 aromatic rings. The number of hydrogen-bond donors (Lipinski definition) is 1. The summed E-state index contributed by atoms with van der Waals surface area (Å²) in [7, 11) is 1.36. The number of rotatable bonds is 6. The Morgan fingerprint density at radius 2 is 1.78 bits per heavy atom. The lowest BCUT2D eigenvalue weighted by Crippen LogP contribution is -2.48. The molecule has 5 nitrogen and oxygen atoms in total. The molecule has 0 aliphatic carbocycles. The Hall–Kier alpha value is -2.04. The van der Waals surface area contributed by atoms with Crippen molar-refractivity contribution in [3.63, 3.8) is 0 Å². The van der Waals surface area contributed by atoms with Crippen LogP contribution in [0.1, 0.15) is 56.5 Å². The molecule has 23 heavy (non-hydrogen) atoms. The first kappa shape index (κ1) is 19.0. The lowest BCUT2D eigenvalue weighted by molar-refractivity contribution is 0.0600. The molecule has 0 aliphatic heterocycles. The number of unbranched alkanes of at least 4 members (excludes halogenated alkanes) is 1. The van der Waals surface area contributed by atoms with Crippen molar-refractivity contribution in [1.29, 1.82) is 0 Å². The van der Waals surface area contributed by atoms with Crippen molar-refractivity contribution in [2.75, 3.05) is 13.7 Å². The standard InChI is InChI=1S/C18H28N2O3/c1-6-7-12-20(17(22)19-18(2,3)4)13-14-8-10-15(11-9-14)16(21)23-5/h8-11H,6-7,12-13H2,1-5H3,(H,19,22). The molecule has 0 unspecified atom stereocenters. The summed E-state index contributed by atoms with van der Waals surface area (Å²) in [6.07, 6.45) is 1.98. The van der Waals surface area contributed by atoms with Crippen LogP contribution in [0, 0.1) is 0 Å². The van der Waals surface area contributed by atoms with E-state index in [0.717, 1.165) is 18.4 Å². The summed E-state index contributed by atoms with van der Waals surface area (Å²) < 4.78 is 4.69. The van der Waals surface area contributed by atoms with Gasteiger partial charge >= 0.3 is 12.0 Å². The van der Waals surface area contributed by atoms with Crippen LogP contribution in [0.3, 0.4) is 0 Å². The van der Waals surface area contributed by atoms with E-state index in [2.05, 4.69) is 17.0 Å². The molecule has 0 saturated heterocycles. The topological polar surface area (TPSA) is 58.6 Å². The molecule has 0 radical (unpaired) electrons. The Labute approximate surface area is 139 Å². The monoisotopic (exact) mass is 320 g/mol. The van der Waals surface area contributed by atoms with Crippen molar-refractivity contribution in [3.8, 4) is 0 Å².